The largest absolute Gasteiger partial charge is 0.467 e. The van der Waals surface area contributed by atoms with Crippen LogP contribution in [0.5, 0.6) is 0 Å². The molecule has 1 unspecified atom stereocenters. The fraction of sp³-hybridized carbons (Fsp3) is 0.467. The molecule has 0 spiro atoms. The molecule has 0 aliphatic carbocycles. The van der Waals surface area contributed by atoms with Crippen LogP contribution >= 0.6 is 0 Å². The number of nitrogens with two attached hydrogens (primary N) is 1. The maximum Gasteiger partial charge on any atom is 0.328 e. The number of anilines is 2. The van der Waals surface area contributed by atoms with E-state index in [-0.39, 0.29) is 17.8 Å². The van der Waals surface area contributed by atoms with Crippen molar-refractivity contribution < 1.29 is 14.3 Å². The molecular weight excluding hydrogens is 270 g/mol. The van der Waals surface area contributed by atoms with Gasteiger partial charge in [-0.25, -0.2) is 4.79 Å². The fourth-order valence-electron chi connectivity index (χ4n) is 1.89. The van der Waals surface area contributed by atoms with E-state index in [1.165, 1.54) is 7.11 Å². The molecule has 0 fully saturated rings. The first-order valence-electron chi connectivity index (χ1n) is 6.92. The summed E-state index contributed by atoms with van der Waals surface area (Å²) in [5.74, 6) is -0.485. The molecule has 0 aromatic heterocycles. The lowest BCUT2D eigenvalue weighted by Gasteiger charge is -2.22. The van der Waals surface area contributed by atoms with Crippen LogP contribution in [0, 0.1) is 5.92 Å². The summed E-state index contributed by atoms with van der Waals surface area (Å²) in [5, 5.41) is 5.77. The van der Waals surface area contributed by atoms with Crippen LogP contribution in [0.2, 0.25) is 0 Å². The zero-order valence-corrected chi connectivity index (χ0v) is 12.9. The van der Waals surface area contributed by atoms with Crippen molar-refractivity contribution in [3.05, 3.63) is 23.8 Å². The summed E-state index contributed by atoms with van der Waals surface area (Å²) >= 11 is 0. The van der Waals surface area contributed by atoms with E-state index in [0.717, 1.165) is 0 Å². The van der Waals surface area contributed by atoms with Crippen LogP contribution < -0.4 is 16.4 Å². The lowest BCUT2D eigenvalue weighted by molar-refractivity contribution is -0.142. The fourth-order valence-corrected chi connectivity index (χ4v) is 1.89. The lowest BCUT2D eigenvalue weighted by Crippen LogP contribution is -2.35. The zero-order valence-electron chi connectivity index (χ0n) is 12.9. The van der Waals surface area contributed by atoms with E-state index in [1.54, 1.807) is 18.2 Å². The molecule has 1 amide bonds. The van der Waals surface area contributed by atoms with Crippen molar-refractivity contribution in [2.24, 2.45) is 5.92 Å². The minimum atomic E-state index is -0.493. The van der Waals surface area contributed by atoms with Gasteiger partial charge in [-0.05, 0) is 31.0 Å². The number of nitrogen functional groups attached to an aromatic ring is 1. The van der Waals surface area contributed by atoms with Crippen LogP contribution in [0.15, 0.2) is 18.2 Å². The molecule has 0 saturated heterocycles. The van der Waals surface area contributed by atoms with Gasteiger partial charge in [-0.15, -0.1) is 0 Å². The highest BCUT2D eigenvalue weighted by Crippen LogP contribution is 2.22. The predicted molar refractivity (Wildman–Crippen MR) is 83.1 cm³/mol. The van der Waals surface area contributed by atoms with E-state index in [1.807, 2.05) is 20.8 Å². The van der Waals surface area contributed by atoms with Crippen LogP contribution in [0.25, 0.3) is 0 Å². The van der Waals surface area contributed by atoms with Gasteiger partial charge >= 0.3 is 5.97 Å². The Labute approximate surface area is 125 Å². The first-order valence-corrected chi connectivity index (χ1v) is 6.92. The van der Waals surface area contributed by atoms with Crippen LogP contribution in [-0.4, -0.2) is 31.6 Å². The van der Waals surface area contributed by atoms with E-state index in [9.17, 15) is 9.59 Å². The normalized spacial score (nSPS) is 11.9. The highest BCUT2D eigenvalue weighted by Gasteiger charge is 2.23. The number of carbonyl (C=O) groups is 2. The molecule has 116 valence electrons. The quantitative estimate of drug-likeness (QED) is 0.547. The molecule has 4 N–H and O–H groups in total. The van der Waals surface area contributed by atoms with E-state index < -0.39 is 6.04 Å². The number of amides is 1. The van der Waals surface area contributed by atoms with Gasteiger partial charge < -0.3 is 21.1 Å². The molecule has 0 aliphatic rings. The highest BCUT2D eigenvalue weighted by molar-refractivity contribution is 5.96. The number of hydrogen-bond donors (Lipinski definition) is 3. The van der Waals surface area contributed by atoms with Gasteiger partial charge in [0, 0.05) is 12.1 Å². The summed E-state index contributed by atoms with van der Waals surface area (Å²) in [7, 11) is 1.35. The molecule has 0 saturated carbocycles. The standard InChI is InChI=1S/C15H23N3O3/c1-5-17-14(19)10-6-7-12(11(16)8-10)18-13(9(2)3)15(20)21-4/h6-9,13,18H,5,16H2,1-4H3,(H,17,19). The molecule has 6 heteroatoms. The summed E-state index contributed by atoms with van der Waals surface area (Å²) in [6.07, 6.45) is 0. The second-order valence-corrected chi connectivity index (χ2v) is 5.05. The average Bonchev–Trinajstić information content (AvgIpc) is 2.45. The van der Waals surface area contributed by atoms with Gasteiger partial charge in [-0.2, -0.15) is 0 Å². The Bertz CT molecular complexity index is 515. The van der Waals surface area contributed by atoms with Crippen LogP contribution in [0.4, 0.5) is 11.4 Å². The topological polar surface area (TPSA) is 93.5 Å². The molecule has 21 heavy (non-hydrogen) atoms. The SMILES string of the molecule is CCNC(=O)c1ccc(NC(C(=O)OC)C(C)C)c(N)c1. The number of hydrogen-bond acceptors (Lipinski definition) is 5. The third-order valence-electron chi connectivity index (χ3n) is 3.08. The Hall–Kier alpha value is -2.24. The van der Waals surface area contributed by atoms with Gasteiger partial charge in [-0.1, -0.05) is 13.8 Å². The summed E-state index contributed by atoms with van der Waals surface area (Å²) in [6.45, 7) is 6.22. The third-order valence-corrected chi connectivity index (χ3v) is 3.08. The number of benzene rings is 1. The van der Waals surface area contributed by atoms with Gasteiger partial charge in [0.25, 0.3) is 5.91 Å². The number of nitrogens with one attached hydrogen (secondary N) is 2. The maximum absolute atomic E-state index is 11.7. The van der Waals surface area contributed by atoms with E-state index >= 15 is 0 Å². The molecule has 1 rings (SSSR count). The minimum Gasteiger partial charge on any atom is -0.467 e. The smallest absolute Gasteiger partial charge is 0.328 e. The molecular formula is C15H23N3O3. The number of methoxy groups -OCH3 is 1. The summed E-state index contributed by atoms with van der Waals surface area (Å²) in [4.78, 5) is 23.5. The van der Waals surface area contributed by atoms with Crippen molar-refractivity contribution >= 4 is 23.3 Å². The Morgan fingerprint density at radius 1 is 1.33 bits per heavy atom. The first kappa shape index (κ1) is 16.8. The minimum absolute atomic E-state index is 0.0416. The molecule has 0 heterocycles. The van der Waals surface area contributed by atoms with E-state index in [2.05, 4.69) is 10.6 Å². The Morgan fingerprint density at radius 2 is 2.00 bits per heavy atom. The van der Waals surface area contributed by atoms with Gasteiger partial charge in [0.1, 0.15) is 6.04 Å². The third kappa shape index (κ3) is 4.37. The molecule has 1 aromatic carbocycles. The molecule has 1 aromatic rings. The predicted octanol–water partition coefficient (Wildman–Crippen LogP) is 1.63. The molecule has 0 aliphatic heterocycles. The van der Waals surface area contributed by atoms with Gasteiger partial charge in [-0.3, -0.25) is 4.79 Å². The van der Waals surface area contributed by atoms with Crippen molar-refractivity contribution in [1.82, 2.24) is 5.32 Å². The number of carbonyl (C=O) groups excluding carboxylic acids is 2. The second-order valence-electron chi connectivity index (χ2n) is 5.05. The maximum atomic E-state index is 11.7. The van der Waals surface area contributed by atoms with Crippen LogP contribution in [0.1, 0.15) is 31.1 Å². The number of esters is 1. The van der Waals surface area contributed by atoms with Crippen molar-refractivity contribution in [1.29, 1.82) is 0 Å². The Balaban J connectivity index is 2.94. The second kappa shape index (κ2) is 7.52. The average molecular weight is 293 g/mol. The van der Waals surface area contributed by atoms with Crippen LogP contribution in [0.3, 0.4) is 0 Å². The van der Waals surface area contributed by atoms with E-state index in [4.69, 9.17) is 10.5 Å². The lowest BCUT2D eigenvalue weighted by atomic mass is 10.0. The van der Waals surface area contributed by atoms with Crippen molar-refractivity contribution in [2.75, 3.05) is 24.7 Å². The van der Waals surface area contributed by atoms with Crippen molar-refractivity contribution in [3.63, 3.8) is 0 Å². The number of rotatable bonds is 6. The molecule has 0 bridgehead atoms. The van der Waals surface area contributed by atoms with E-state index in [0.29, 0.717) is 23.5 Å². The van der Waals surface area contributed by atoms with Crippen LogP contribution in [-0.2, 0) is 9.53 Å². The number of ether oxygens (including phenoxy) is 1. The molecule has 0 radical (unpaired) electrons. The van der Waals surface area contributed by atoms with Gasteiger partial charge in [0.15, 0.2) is 0 Å². The summed E-state index contributed by atoms with van der Waals surface area (Å²) in [6, 6.07) is 4.45. The first-order chi connectivity index (χ1) is 9.90. The van der Waals surface area contributed by atoms with Gasteiger partial charge in [0.2, 0.25) is 0 Å². The Kier molecular flexibility index (Phi) is 6.02. The summed E-state index contributed by atoms with van der Waals surface area (Å²) < 4.78 is 4.77. The monoisotopic (exact) mass is 293 g/mol. The van der Waals surface area contributed by atoms with Gasteiger partial charge in [0.05, 0.1) is 18.5 Å². The van der Waals surface area contributed by atoms with Crippen molar-refractivity contribution in [3.8, 4) is 0 Å². The molecule has 1 atom stereocenters. The summed E-state index contributed by atoms with van der Waals surface area (Å²) in [5.41, 5.74) is 7.45. The Morgan fingerprint density at radius 3 is 2.48 bits per heavy atom. The highest BCUT2D eigenvalue weighted by atomic mass is 16.5. The molecule has 6 nitrogen and oxygen atoms in total. The zero-order chi connectivity index (χ0) is 16.0. The van der Waals surface area contributed by atoms with Crippen molar-refractivity contribution in [2.45, 2.75) is 26.8 Å².